The number of allylic oxidation sites excluding steroid dienone is 1. The second kappa shape index (κ2) is 8.78. The van der Waals surface area contributed by atoms with Crippen LogP contribution in [0.5, 0.6) is 0 Å². The van der Waals surface area contributed by atoms with Crippen LogP contribution in [0.2, 0.25) is 0 Å². The van der Waals surface area contributed by atoms with Crippen LogP contribution < -0.4 is 10.8 Å². The number of hydroxylamine groups is 1. The second-order valence-corrected chi connectivity index (χ2v) is 6.43. The Morgan fingerprint density at radius 2 is 2.10 bits per heavy atom. The average molecular weight is 412 g/mol. The van der Waals surface area contributed by atoms with Gasteiger partial charge in [0, 0.05) is 18.2 Å². The van der Waals surface area contributed by atoms with Crippen molar-refractivity contribution in [2.75, 3.05) is 18.2 Å². The third kappa shape index (κ3) is 4.33. The summed E-state index contributed by atoms with van der Waals surface area (Å²) in [6.07, 6.45) is 4.67. The Morgan fingerprint density at radius 3 is 2.83 bits per heavy atom. The van der Waals surface area contributed by atoms with Crippen molar-refractivity contribution in [1.29, 1.82) is 0 Å². The first-order chi connectivity index (χ1) is 14.6. The highest BCUT2D eigenvalue weighted by molar-refractivity contribution is 6.10. The van der Waals surface area contributed by atoms with Crippen molar-refractivity contribution in [1.82, 2.24) is 15.1 Å². The monoisotopic (exact) mass is 412 g/mol. The Balaban J connectivity index is 1.65. The van der Waals surface area contributed by atoms with Crippen LogP contribution in [-0.2, 0) is 11.4 Å². The number of aliphatic imine (C=N–C) groups is 1. The van der Waals surface area contributed by atoms with Gasteiger partial charge in [0.2, 0.25) is 0 Å². The van der Waals surface area contributed by atoms with Gasteiger partial charge in [-0.1, -0.05) is 23.4 Å². The van der Waals surface area contributed by atoms with Crippen LogP contribution in [0.15, 0.2) is 58.4 Å². The van der Waals surface area contributed by atoms with Crippen molar-refractivity contribution >= 4 is 17.2 Å². The molecule has 0 spiro atoms. The average Bonchev–Trinajstić information content (AvgIpc) is 3.46. The summed E-state index contributed by atoms with van der Waals surface area (Å²) in [5, 5.41) is 5.24. The Labute approximate surface area is 170 Å². The van der Waals surface area contributed by atoms with Gasteiger partial charge >= 0.3 is 0 Å². The first-order valence-corrected chi connectivity index (χ1v) is 9.21. The zero-order chi connectivity index (χ0) is 20.9. The highest BCUT2D eigenvalue weighted by atomic mass is 19.1. The quantitative estimate of drug-likeness (QED) is 0.621. The van der Waals surface area contributed by atoms with E-state index in [4.69, 9.17) is 15.1 Å². The second-order valence-electron chi connectivity index (χ2n) is 6.43. The summed E-state index contributed by atoms with van der Waals surface area (Å²) in [5.41, 5.74) is 7.45. The molecule has 1 aliphatic rings. The van der Waals surface area contributed by atoms with Crippen molar-refractivity contribution in [3.63, 3.8) is 0 Å². The zero-order valence-corrected chi connectivity index (χ0v) is 15.8. The third-order valence-corrected chi connectivity index (χ3v) is 4.34. The molecule has 154 valence electrons. The number of anilines is 1. The predicted octanol–water partition coefficient (Wildman–Crippen LogP) is 2.87. The molecule has 0 saturated carbocycles. The molecule has 0 radical (unpaired) electrons. The van der Waals surface area contributed by atoms with Crippen LogP contribution in [-0.4, -0.2) is 34.0 Å². The lowest BCUT2D eigenvalue weighted by Crippen LogP contribution is -2.20. The molecule has 1 aromatic carbocycles. The summed E-state index contributed by atoms with van der Waals surface area (Å²) >= 11 is 0. The molecule has 1 saturated heterocycles. The molecular weight excluding hydrogens is 394 g/mol. The Bertz CT molecular complexity index is 1080. The summed E-state index contributed by atoms with van der Waals surface area (Å²) in [4.78, 5) is 17.9. The van der Waals surface area contributed by atoms with E-state index in [9.17, 15) is 8.78 Å². The summed E-state index contributed by atoms with van der Waals surface area (Å²) in [6.45, 7) is 1.07. The van der Waals surface area contributed by atoms with Gasteiger partial charge < -0.3 is 10.3 Å². The maximum atomic E-state index is 14.1. The van der Waals surface area contributed by atoms with Crippen LogP contribution in [0.4, 0.5) is 14.6 Å². The maximum Gasteiger partial charge on any atom is 0.192 e. The molecule has 0 bridgehead atoms. The Hall–Kier alpha value is -3.66. The Morgan fingerprint density at radius 1 is 1.23 bits per heavy atom. The standard InChI is InChI=1S/C20H18F2N6O2/c21-14-5-2-1-4-13(14)11-24-18(17-6-9-29-27-17)10-16(23)19-25-12-15(22)20(26-19)28-7-3-8-30-28/h1-2,4-6,9-10,12H,3,7-8,11,23H2. The number of nitrogens with two attached hydrogens (primary N) is 1. The number of rotatable bonds is 6. The molecule has 4 rings (SSSR count). The normalized spacial score (nSPS) is 15.1. The lowest BCUT2D eigenvalue weighted by atomic mass is 10.2. The topological polar surface area (TPSA) is 103 Å². The van der Waals surface area contributed by atoms with E-state index in [1.165, 1.54) is 23.5 Å². The number of benzene rings is 1. The van der Waals surface area contributed by atoms with Gasteiger partial charge in [0.15, 0.2) is 17.5 Å². The summed E-state index contributed by atoms with van der Waals surface area (Å²) in [7, 11) is 0. The van der Waals surface area contributed by atoms with E-state index in [2.05, 4.69) is 20.1 Å². The van der Waals surface area contributed by atoms with Crippen LogP contribution in [0.3, 0.4) is 0 Å². The molecule has 0 atom stereocenters. The molecule has 2 aromatic heterocycles. The molecule has 0 amide bonds. The van der Waals surface area contributed by atoms with E-state index in [-0.39, 0.29) is 29.7 Å². The fourth-order valence-corrected chi connectivity index (χ4v) is 2.84. The lowest BCUT2D eigenvalue weighted by Gasteiger charge is -2.15. The van der Waals surface area contributed by atoms with Crippen molar-refractivity contribution in [3.05, 3.63) is 77.6 Å². The van der Waals surface area contributed by atoms with Gasteiger partial charge in [-0.15, -0.1) is 0 Å². The van der Waals surface area contributed by atoms with Crippen LogP contribution in [0.25, 0.3) is 5.70 Å². The SMILES string of the molecule is NC(=CC(=NCc1ccccc1F)c1ccon1)c1ncc(F)c(N2CCCO2)n1. The van der Waals surface area contributed by atoms with E-state index in [0.29, 0.717) is 30.1 Å². The molecule has 0 unspecified atom stereocenters. The fourth-order valence-electron chi connectivity index (χ4n) is 2.84. The molecule has 30 heavy (non-hydrogen) atoms. The first kappa shape index (κ1) is 19.6. The fraction of sp³-hybridized carbons (Fsp3) is 0.200. The minimum atomic E-state index is -0.613. The largest absolute Gasteiger partial charge is 0.396 e. The van der Waals surface area contributed by atoms with Crippen LogP contribution in [0, 0.1) is 11.6 Å². The molecule has 1 fully saturated rings. The molecule has 1 aliphatic heterocycles. The smallest absolute Gasteiger partial charge is 0.192 e. The number of hydrogen-bond donors (Lipinski definition) is 1. The number of hydrogen-bond acceptors (Lipinski definition) is 8. The van der Waals surface area contributed by atoms with Crippen molar-refractivity contribution in [2.45, 2.75) is 13.0 Å². The van der Waals surface area contributed by atoms with Crippen LogP contribution in [0.1, 0.15) is 23.5 Å². The number of aromatic nitrogens is 3. The van der Waals surface area contributed by atoms with E-state index in [1.807, 2.05) is 0 Å². The maximum absolute atomic E-state index is 14.1. The minimum Gasteiger partial charge on any atom is -0.396 e. The van der Waals surface area contributed by atoms with Gasteiger partial charge in [-0.2, -0.15) is 0 Å². The molecule has 0 aliphatic carbocycles. The lowest BCUT2D eigenvalue weighted by molar-refractivity contribution is 0.164. The van der Waals surface area contributed by atoms with Crippen molar-refractivity contribution < 1.29 is 18.1 Å². The van der Waals surface area contributed by atoms with E-state index >= 15 is 0 Å². The van der Waals surface area contributed by atoms with Gasteiger partial charge in [0.05, 0.1) is 30.8 Å². The zero-order valence-electron chi connectivity index (χ0n) is 15.8. The molecule has 8 nitrogen and oxygen atoms in total. The van der Waals surface area contributed by atoms with E-state index in [0.717, 1.165) is 12.6 Å². The van der Waals surface area contributed by atoms with E-state index in [1.54, 1.807) is 24.3 Å². The van der Waals surface area contributed by atoms with Crippen molar-refractivity contribution in [3.8, 4) is 0 Å². The number of halogens is 2. The Kier molecular flexibility index (Phi) is 5.75. The van der Waals surface area contributed by atoms with Gasteiger partial charge in [0.25, 0.3) is 0 Å². The van der Waals surface area contributed by atoms with Crippen molar-refractivity contribution in [2.24, 2.45) is 10.7 Å². The van der Waals surface area contributed by atoms with Crippen LogP contribution >= 0.6 is 0 Å². The van der Waals surface area contributed by atoms with Gasteiger partial charge in [-0.3, -0.25) is 9.83 Å². The highest BCUT2D eigenvalue weighted by Crippen LogP contribution is 2.21. The molecule has 10 heteroatoms. The highest BCUT2D eigenvalue weighted by Gasteiger charge is 2.20. The summed E-state index contributed by atoms with van der Waals surface area (Å²) in [5.74, 6) is -0.864. The van der Waals surface area contributed by atoms with E-state index < -0.39 is 5.82 Å². The number of nitrogens with zero attached hydrogens (tertiary/aromatic N) is 5. The van der Waals surface area contributed by atoms with Gasteiger partial charge in [0.1, 0.15) is 17.8 Å². The first-order valence-electron chi connectivity index (χ1n) is 9.21. The summed E-state index contributed by atoms with van der Waals surface area (Å²) < 4.78 is 32.9. The molecule has 2 N–H and O–H groups in total. The van der Waals surface area contributed by atoms with Gasteiger partial charge in [-0.25, -0.2) is 23.8 Å². The summed E-state index contributed by atoms with van der Waals surface area (Å²) in [6, 6.07) is 7.92. The molecular formula is C20H18F2N6O2. The van der Waals surface area contributed by atoms with Gasteiger partial charge in [-0.05, 0) is 18.6 Å². The molecule has 3 heterocycles. The predicted molar refractivity (Wildman–Crippen MR) is 105 cm³/mol. The third-order valence-electron chi connectivity index (χ3n) is 4.34. The minimum absolute atomic E-state index is 0.0140. The molecule has 3 aromatic rings.